The lowest BCUT2D eigenvalue weighted by Crippen LogP contribution is -1.97. The summed E-state index contributed by atoms with van der Waals surface area (Å²) in [5, 5.41) is 16.8. The van der Waals surface area contributed by atoms with Crippen molar-refractivity contribution >= 4 is 12.3 Å². The summed E-state index contributed by atoms with van der Waals surface area (Å²) in [5.41, 5.74) is -0.290. The third kappa shape index (κ3) is 1.18. The largest absolute Gasteiger partial charge is 0.478 e. The maximum atomic E-state index is 10.4. The second kappa shape index (κ2) is 2.88. The number of carbonyl (C=O) groups is 2. The number of aldehydes is 1. The first-order chi connectivity index (χ1) is 5.69. The van der Waals surface area contributed by atoms with Crippen LogP contribution in [-0.2, 0) is 0 Å². The fourth-order valence-electron chi connectivity index (χ4n) is 0.715. The molecule has 5 nitrogen and oxygen atoms in total. The zero-order valence-electron chi connectivity index (χ0n) is 5.77. The smallest absolute Gasteiger partial charge is 0.339 e. The maximum absolute atomic E-state index is 10.4. The van der Waals surface area contributed by atoms with Gasteiger partial charge in [0.2, 0.25) is 5.76 Å². The normalized spacial score (nSPS) is 8.92. The van der Waals surface area contributed by atoms with E-state index in [1.165, 1.54) is 0 Å². The van der Waals surface area contributed by atoms with E-state index in [2.05, 4.69) is 4.42 Å². The van der Waals surface area contributed by atoms with Crippen LogP contribution in [0.4, 0.5) is 0 Å². The Kier molecular flexibility index (Phi) is 1.92. The summed E-state index contributed by atoms with van der Waals surface area (Å²) in [5.74, 6) is -1.81. The van der Waals surface area contributed by atoms with Gasteiger partial charge in [-0.25, -0.2) is 4.79 Å². The monoisotopic (exact) mass is 165 g/mol. The average Bonchev–Trinajstić information content (AvgIpc) is 2.47. The van der Waals surface area contributed by atoms with Crippen LogP contribution in [0.3, 0.4) is 0 Å². The van der Waals surface area contributed by atoms with Gasteiger partial charge in [-0.15, -0.1) is 0 Å². The summed E-state index contributed by atoms with van der Waals surface area (Å²) in [4.78, 5) is 20.6. The SMILES string of the molecule is N#Cc1cc(C(=O)O)c(C=O)o1. The Bertz CT molecular complexity index is 371. The molecule has 60 valence electrons. The minimum Gasteiger partial charge on any atom is -0.478 e. The number of carboxylic acids is 1. The van der Waals surface area contributed by atoms with Gasteiger partial charge in [0.05, 0.1) is 0 Å². The van der Waals surface area contributed by atoms with E-state index >= 15 is 0 Å². The molecule has 1 aromatic heterocycles. The van der Waals surface area contributed by atoms with E-state index < -0.39 is 5.97 Å². The van der Waals surface area contributed by atoms with Crippen molar-refractivity contribution in [3.8, 4) is 6.07 Å². The van der Waals surface area contributed by atoms with Crippen molar-refractivity contribution in [2.24, 2.45) is 0 Å². The van der Waals surface area contributed by atoms with Crippen molar-refractivity contribution < 1.29 is 19.1 Å². The molecule has 0 spiro atoms. The van der Waals surface area contributed by atoms with Crippen LogP contribution in [0, 0.1) is 11.3 Å². The number of hydrogen-bond donors (Lipinski definition) is 1. The van der Waals surface area contributed by atoms with Crippen molar-refractivity contribution in [3.05, 3.63) is 23.2 Å². The fourth-order valence-corrected chi connectivity index (χ4v) is 0.715. The molecular formula is C7H3NO4. The van der Waals surface area contributed by atoms with E-state index in [-0.39, 0.29) is 23.4 Å². The molecule has 0 radical (unpaired) electrons. The van der Waals surface area contributed by atoms with Gasteiger partial charge < -0.3 is 9.52 Å². The van der Waals surface area contributed by atoms with Crippen LogP contribution in [0.5, 0.6) is 0 Å². The zero-order chi connectivity index (χ0) is 9.14. The van der Waals surface area contributed by atoms with Gasteiger partial charge in [0.15, 0.2) is 12.0 Å². The maximum Gasteiger partial charge on any atom is 0.339 e. The van der Waals surface area contributed by atoms with E-state index in [1.54, 1.807) is 6.07 Å². The molecule has 1 heterocycles. The van der Waals surface area contributed by atoms with Crippen LogP contribution in [0.2, 0.25) is 0 Å². The number of nitriles is 1. The van der Waals surface area contributed by atoms with Crippen LogP contribution in [0.25, 0.3) is 0 Å². The van der Waals surface area contributed by atoms with Gasteiger partial charge in [0, 0.05) is 6.07 Å². The Labute approximate surface area is 66.8 Å². The van der Waals surface area contributed by atoms with E-state index in [4.69, 9.17) is 10.4 Å². The summed E-state index contributed by atoms with van der Waals surface area (Å²) in [6.45, 7) is 0. The van der Waals surface area contributed by atoms with Crippen molar-refractivity contribution in [2.75, 3.05) is 0 Å². The molecule has 0 bridgehead atoms. The van der Waals surface area contributed by atoms with Gasteiger partial charge in [0.1, 0.15) is 11.6 Å². The third-order valence-corrected chi connectivity index (χ3v) is 1.21. The zero-order valence-corrected chi connectivity index (χ0v) is 5.77. The van der Waals surface area contributed by atoms with E-state index in [9.17, 15) is 9.59 Å². The summed E-state index contributed by atoms with van der Waals surface area (Å²) in [7, 11) is 0. The summed E-state index contributed by atoms with van der Waals surface area (Å²) < 4.78 is 4.56. The highest BCUT2D eigenvalue weighted by molar-refractivity contribution is 5.95. The molecule has 0 saturated carbocycles. The molecule has 0 aliphatic carbocycles. The van der Waals surface area contributed by atoms with Gasteiger partial charge in [-0.1, -0.05) is 0 Å². The molecule has 0 aliphatic heterocycles. The van der Waals surface area contributed by atoms with Gasteiger partial charge in [-0.2, -0.15) is 5.26 Å². The average molecular weight is 165 g/mol. The van der Waals surface area contributed by atoms with Crippen LogP contribution in [0.15, 0.2) is 10.5 Å². The predicted molar refractivity (Wildman–Crippen MR) is 35.8 cm³/mol. The highest BCUT2D eigenvalue weighted by Gasteiger charge is 2.15. The molecule has 0 aliphatic rings. The number of carboxylic acid groups (broad SMARTS) is 1. The summed E-state index contributed by atoms with van der Waals surface area (Å²) in [6, 6.07) is 2.59. The molecule has 0 aromatic carbocycles. The number of nitrogens with zero attached hydrogens (tertiary/aromatic N) is 1. The van der Waals surface area contributed by atoms with E-state index in [1.807, 2.05) is 0 Å². The number of rotatable bonds is 2. The quantitative estimate of drug-likeness (QED) is 0.650. The Morgan fingerprint density at radius 1 is 1.75 bits per heavy atom. The Hall–Kier alpha value is -2.09. The fraction of sp³-hybridized carbons (Fsp3) is 0. The molecule has 1 rings (SSSR count). The molecule has 0 fully saturated rings. The molecule has 0 atom stereocenters. The second-order valence-corrected chi connectivity index (χ2v) is 1.92. The molecular weight excluding hydrogens is 162 g/mol. The molecule has 0 saturated heterocycles. The highest BCUT2D eigenvalue weighted by atomic mass is 16.4. The standard InChI is InChI=1S/C7H3NO4/c8-2-4-1-5(7(10)11)6(3-9)12-4/h1,3H,(H,10,11). The topological polar surface area (TPSA) is 91.3 Å². The summed E-state index contributed by atoms with van der Waals surface area (Å²) in [6.07, 6.45) is 0.254. The van der Waals surface area contributed by atoms with Crippen LogP contribution in [-0.4, -0.2) is 17.4 Å². The van der Waals surface area contributed by atoms with Crippen LogP contribution < -0.4 is 0 Å². The minimum absolute atomic E-state index is 0.186. The molecule has 1 N–H and O–H groups in total. The predicted octanol–water partition coefficient (Wildman–Crippen LogP) is 0.662. The number of furan rings is 1. The molecule has 1 aromatic rings. The van der Waals surface area contributed by atoms with E-state index in [0.29, 0.717) is 0 Å². The van der Waals surface area contributed by atoms with Gasteiger partial charge >= 0.3 is 5.97 Å². The van der Waals surface area contributed by atoms with Crippen molar-refractivity contribution in [1.82, 2.24) is 0 Å². The number of aromatic carboxylic acids is 1. The van der Waals surface area contributed by atoms with Crippen molar-refractivity contribution in [1.29, 1.82) is 5.26 Å². The van der Waals surface area contributed by atoms with Gasteiger partial charge in [-0.3, -0.25) is 4.79 Å². The van der Waals surface area contributed by atoms with Crippen molar-refractivity contribution in [2.45, 2.75) is 0 Å². The molecule has 5 heteroatoms. The first-order valence-corrected chi connectivity index (χ1v) is 2.91. The summed E-state index contributed by atoms with van der Waals surface area (Å²) >= 11 is 0. The van der Waals surface area contributed by atoms with E-state index in [0.717, 1.165) is 6.07 Å². The van der Waals surface area contributed by atoms with Gasteiger partial charge in [0.25, 0.3) is 0 Å². The van der Waals surface area contributed by atoms with Crippen LogP contribution in [0.1, 0.15) is 26.7 Å². The molecule has 0 unspecified atom stereocenters. The highest BCUT2D eigenvalue weighted by Crippen LogP contribution is 2.12. The molecule has 0 amide bonds. The number of hydrogen-bond acceptors (Lipinski definition) is 4. The first-order valence-electron chi connectivity index (χ1n) is 2.91. The van der Waals surface area contributed by atoms with Gasteiger partial charge in [-0.05, 0) is 0 Å². The second-order valence-electron chi connectivity index (χ2n) is 1.92. The molecule has 12 heavy (non-hydrogen) atoms. The minimum atomic E-state index is -1.29. The Morgan fingerprint density at radius 3 is 2.75 bits per heavy atom. The first kappa shape index (κ1) is 8.01. The Balaban J connectivity index is 3.28. The third-order valence-electron chi connectivity index (χ3n) is 1.21. The number of carbonyl (C=O) groups excluding carboxylic acids is 1. The lowest BCUT2D eigenvalue weighted by Gasteiger charge is -1.84. The lowest BCUT2D eigenvalue weighted by atomic mass is 10.2. The lowest BCUT2D eigenvalue weighted by molar-refractivity contribution is 0.0692. The van der Waals surface area contributed by atoms with Crippen molar-refractivity contribution in [3.63, 3.8) is 0 Å². The Morgan fingerprint density at radius 2 is 2.42 bits per heavy atom. The van der Waals surface area contributed by atoms with Crippen LogP contribution >= 0.6 is 0 Å².